The maximum atomic E-state index is 10.4. The van der Waals surface area contributed by atoms with Gasteiger partial charge in [-0.05, 0) is 0 Å². The third kappa shape index (κ3) is 6.61. The summed E-state index contributed by atoms with van der Waals surface area (Å²) in [6.45, 7) is 0. The fourth-order valence-corrected chi connectivity index (χ4v) is 3.76. The molecule has 0 bridgehead atoms. The second-order valence-corrected chi connectivity index (χ2v) is 7.38. The van der Waals surface area contributed by atoms with E-state index < -0.39 is 24.0 Å². The smallest absolute Gasteiger partial charge is 0.325 e. The molecule has 0 saturated carbocycles. The lowest BCUT2D eigenvalue weighted by molar-refractivity contribution is -0.138. The average Bonchev–Trinajstić information content (AvgIpc) is 2.13. The van der Waals surface area contributed by atoms with Gasteiger partial charge in [0.05, 0.1) is 26.5 Å². The Bertz CT molecular complexity index is 239. The van der Waals surface area contributed by atoms with Crippen molar-refractivity contribution in [2.45, 2.75) is 12.1 Å². The van der Waals surface area contributed by atoms with Crippen molar-refractivity contribution >= 4 is 32.7 Å². The lowest BCUT2D eigenvalue weighted by atomic mass is 10.4. The van der Waals surface area contributed by atoms with Gasteiger partial charge in [-0.25, -0.2) is 0 Å². The van der Waals surface area contributed by atoms with E-state index in [9.17, 15) is 9.59 Å². The fourth-order valence-electron chi connectivity index (χ4n) is 0.633. The largest absolute Gasteiger partial charge is 0.480 e. The van der Waals surface area contributed by atoms with Crippen LogP contribution in [-0.4, -0.2) is 52.0 Å². The second-order valence-electron chi connectivity index (χ2n) is 2.91. The van der Waals surface area contributed by atoms with Gasteiger partial charge in [-0.2, -0.15) is 0 Å². The first-order valence-electron chi connectivity index (χ1n) is 4.07. The van der Waals surface area contributed by atoms with Crippen LogP contribution in [0.25, 0.3) is 0 Å². The van der Waals surface area contributed by atoms with E-state index in [2.05, 4.69) is 0 Å². The Kier molecular flexibility index (Phi) is 6.73. The molecule has 0 radical (unpaired) electrons. The quantitative estimate of drug-likeness (QED) is 0.329. The summed E-state index contributed by atoms with van der Waals surface area (Å²) in [5.74, 6) is -1.51. The van der Waals surface area contributed by atoms with Crippen molar-refractivity contribution in [1.82, 2.24) is 0 Å². The molecule has 15 heavy (non-hydrogen) atoms. The standard InChI is InChI=1S/C7H14N2O4S2/c1-15(3-5(9)7(12)13)14-2-4(8)6(10)11/h4-5H,2-3,8-9H2,1H3,(H-,10,11,12,13)/p+1/t4-,5-,15?/m0/s1. The molecule has 0 heterocycles. The van der Waals surface area contributed by atoms with Crippen molar-refractivity contribution in [3.63, 3.8) is 0 Å². The van der Waals surface area contributed by atoms with E-state index in [0.29, 0.717) is 5.75 Å². The maximum absolute atomic E-state index is 10.4. The molecule has 0 rings (SSSR count). The van der Waals surface area contributed by atoms with E-state index in [0.717, 1.165) is 0 Å². The first-order chi connectivity index (χ1) is 6.84. The molecule has 6 nitrogen and oxygen atoms in total. The Balaban J connectivity index is 3.79. The van der Waals surface area contributed by atoms with Gasteiger partial charge in [-0.15, -0.1) is 0 Å². The summed E-state index contributed by atoms with van der Waals surface area (Å²) in [7, 11) is 1.05. The van der Waals surface area contributed by atoms with Crippen molar-refractivity contribution in [2.24, 2.45) is 11.5 Å². The molecule has 0 aromatic rings. The van der Waals surface area contributed by atoms with Crippen LogP contribution in [0.1, 0.15) is 0 Å². The van der Waals surface area contributed by atoms with E-state index in [-0.39, 0.29) is 15.7 Å². The van der Waals surface area contributed by atoms with Gasteiger partial charge in [0.1, 0.15) is 24.1 Å². The summed E-state index contributed by atoms with van der Waals surface area (Å²) in [5, 5.41) is 17.1. The number of nitrogens with two attached hydrogens (primary N) is 2. The van der Waals surface area contributed by atoms with Crippen LogP contribution in [0.15, 0.2) is 0 Å². The predicted octanol–water partition coefficient (Wildman–Crippen LogP) is -1.29. The topological polar surface area (TPSA) is 127 Å². The Labute approximate surface area is 94.1 Å². The molecular weight excluding hydrogens is 240 g/mol. The third-order valence-electron chi connectivity index (χ3n) is 1.50. The summed E-state index contributed by atoms with van der Waals surface area (Å²) >= 11 is 0. The first kappa shape index (κ1) is 14.6. The highest BCUT2D eigenvalue weighted by atomic mass is 33.1. The van der Waals surface area contributed by atoms with Gasteiger partial charge < -0.3 is 21.7 Å². The summed E-state index contributed by atoms with van der Waals surface area (Å²) in [4.78, 5) is 20.8. The highest BCUT2D eigenvalue weighted by Gasteiger charge is 2.25. The van der Waals surface area contributed by atoms with Gasteiger partial charge in [-0.3, -0.25) is 9.59 Å². The highest BCUT2D eigenvalue weighted by molar-refractivity contribution is 8.74. The zero-order valence-corrected chi connectivity index (χ0v) is 9.88. The summed E-state index contributed by atoms with van der Waals surface area (Å²) in [5.41, 5.74) is 10.6. The lowest BCUT2D eigenvalue weighted by Crippen LogP contribution is -2.37. The normalized spacial score (nSPS) is 16.7. The van der Waals surface area contributed by atoms with Gasteiger partial charge in [0.2, 0.25) is 0 Å². The van der Waals surface area contributed by atoms with Gasteiger partial charge >= 0.3 is 11.9 Å². The lowest BCUT2D eigenvalue weighted by Gasteiger charge is -2.07. The van der Waals surface area contributed by atoms with Crippen LogP contribution in [0.2, 0.25) is 0 Å². The van der Waals surface area contributed by atoms with Crippen LogP contribution >= 0.6 is 10.8 Å². The van der Waals surface area contributed by atoms with Crippen molar-refractivity contribution in [1.29, 1.82) is 0 Å². The Morgan fingerprint density at radius 2 is 1.73 bits per heavy atom. The Morgan fingerprint density at radius 1 is 1.27 bits per heavy atom. The number of carboxylic acid groups (broad SMARTS) is 2. The molecule has 3 atom stereocenters. The number of rotatable bonds is 7. The van der Waals surface area contributed by atoms with Crippen LogP contribution in [0.3, 0.4) is 0 Å². The number of carbonyl (C=O) groups is 2. The molecule has 8 heteroatoms. The molecule has 88 valence electrons. The van der Waals surface area contributed by atoms with Gasteiger partial charge in [0, 0.05) is 0 Å². The molecule has 0 amide bonds. The molecule has 1 unspecified atom stereocenters. The number of aliphatic carboxylic acids is 2. The molecule has 0 aliphatic rings. The van der Waals surface area contributed by atoms with Gasteiger partial charge in [-0.1, -0.05) is 0 Å². The highest BCUT2D eigenvalue weighted by Crippen LogP contribution is 2.15. The molecule has 6 N–H and O–H groups in total. The average molecular weight is 255 g/mol. The number of hydrogen-bond donors (Lipinski definition) is 4. The zero-order valence-electron chi connectivity index (χ0n) is 8.25. The molecule has 0 aliphatic carbocycles. The number of carboxylic acids is 2. The van der Waals surface area contributed by atoms with Crippen molar-refractivity contribution in [3.8, 4) is 0 Å². The molecule has 0 aromatic carbocycles. The summed E-state index contributed by atoms with van der Waals surface area (Å²) in [6.07, 6.45) is 1.82. The van der Waals surface area contributed by atoms with Crippen LogP contribution in [0.5, 0.6) is 0 Å². The maximum Gasteiger partial charge on any atom is 0.325 e. The molecule has 0 aliphatic heterocycles. The van der Waals surface area contributed by atoms with E-state index >= 15 is 0 Å². The number of hydrogen-bond acceptors (Lipinski definition) is 5. The van der Waals surface area contributed by atoms with Crippen molar-refractivity contribution < 1.29 is 19.8 Å². The van der Waals surface area contributed by atoms with E-state index in [1.54, 1.807) is 0 Å². The first-order valence-corrected chi connectivity index (χ1v) is 7.37. The van der Waals surface area contributed by atoms with E-state index in [1.807, 2.05) is 6.26 Å². The molecule has 0 spiro atoms. The predicted molar refractivity (Wildman–Crippen MR) is 61.8 cm³/mol. The molecule has 0 saturated heterocycles. The van der Waals surface area contributed by atoms with Crippen LogP contribution in [0.4, 0.5) is 0 Å². The van der Waals surface area contributed by atoms with E-state index in [1.165, 1.54) is 10.8 Å². The summed E-state index contributed by atoms with van der Waals surface area (Å²) < 4.78 is 0. The monoisotopic (exact) mass is 255 g/mol. The minimum absolute atomic E-state index is 0.265. The van der Waals surface area contributed by atoms with Crippen LogP contribution < -0.4 is 11.5 Å². The van der Waals surface area contributed by atoms with Crippen LogP contribution in [-0.2, 0) is 19.5 Å². The van der Waals surface area contributed by atoms with Gasteiger partial charge in [0.15, 0.2) is 0 Å². The van der Waals surface area contributed by atoms with Crippen LogP contribution in [0, 0.1) is 0 Å². The SMILES string of the molecule is C[S+](C[C@H](N)C(=O)O)SC[C@H](N)C(=O)O. The minimum Gasteiger partial charge on any atom is -0.480 e. The Morgan fingerprint density at radius 3 is 2.13 bits per heavy atom. The van der Waals surface area contributed by atoms with E-state index in [4.69, 9.17) is 21.7 Å². The Hall–Kier alpha value is -0.440. The molecule has 0 fully saturated rings. The zero-order chi connectivity index (χ0) is 12.0. The molecular formula is C7H15N2O4S2+. The second kappa shape index (κ2) is 6.94. The minimum atomic E-state index is -1.05. The van der Waals surface area contributed by atoms with Crippen molar-refractivity contribution in [3.05, 3.63) is 0 Å². The summed E-state index contributed by atoms with van der Waals surface area (Å²) in [6, 6.07) is -1.81. The van der Waals surface area contributed by atoms with Gasteiger partial charge in [0.25, 0.3) is 0 Å². The van der Waals surface area contributed by atoms with Crippen molar-refractivity contribution in [2.75, 3.05) is 17.8 Å². The fraction of sp³-hybridized carbons (Fsp3) is 0.714. The molecule has 0 aromatic heterocycles. The third-order valence-corrected chi connectivity index (χ3v) is 5.25.